The van der Waals surface area contributed by atoms with Gasteiger partial charge in [0.2, 0.25) is 0 Å². The quantitative estimate of drug-likeness (QED) is 0.422. The minimum Gasteiger partial charge on any atom is -0.384 e. The first-order valence-corrected chi connectivity index (χ1v) is 12.3. The SMILES string of the molecule is CC(C)(O)c1cc(-c2ccccc2Cl)n(-c2ccc(-c3cccc(S(C)(=O)=O)c3)cc2)n1. The molecule has 1 heterocycles. The van der Waals surface area contributed by atoms with Gasteiger partial charge in [0.25, 0.3) is 0 Å². The van der Waals surface area contributed by atoms with Crippen LogP contribution < -0.4 is 0 Å². The summed E-state index contributed by atoms with van der Waals surface area (Å²) in [5.74, 6) is 0. The van der Waals surface area contributed by atoms with E-state index in [9.17, 15) is 13.5 Å². The van der Waals surface area contributed by atoms with Gasteiger partial charge in [-0.1, -0.05) is 54.1 Å². The summed E-state index contributed by atoms with van der Waals surface area (Å²) in [7, 11) is -3.29. The number of hydrogen-bond acceptors (Lipinski definition) is 4. The second-order valence-corrected chi connectivity index (χ2v) is 10.6. The third-order valence-corrected chi connectivity index (χ3v) is 6.63. The van der Waals surface area contributed by atoms with Gasteiger partial charge >= 0.3 is 0 Å². The molecule has 0 spiro atoms. The van der Waals surface area contributed by atoms with Crippen LogP contribution in [0, 0.1) is 0 Å². The molecule has 0 aliphatic rings. The molecule has 0 fully saturated rings. The molecule has 0 aliphatic carbocycles. The van der Waals surface area contributed by atoms with E-state index in [0.29, 0.717) is 10.7 Å². The van der Waals surface area contributed by atoms with Crippen molar-refractivity contribution in [2.45, 2.75) is 24.3 Å². The standard InChI is InChI=1S/C25H23ClN2O3S/c1-25(2,29)24-16-23(21-9-4-5-10-22(21)26)28(27-24)19-13-11-17(12-14-19)18-7-6-8-20(15-18)32(3,30)31/h4-16,29H,1-3H3. The molecule has 0 saturated carbocycles. The Morgan fingerprint density at radius 1 is 0.906 bits per heavy atom. The van der Waals surface area contributed by atoms with Gasteiger partial charge in [-0.2, -0.15) is 5.10 Å². The van der Waals surface area contributed by atoms with E-state index in [-0.39, 0.29) is 4.90 Å². The van der Waals surface area contributed by atoms with Crippen LogP contribution in [0.3, 0.4) is 0 Å². The Morgan fingerprint density at radius 3 is 2.22 bits per heavy atom. The van der Waals surface area contributed by atoms with Gasteiger partial charge in [-0.25, -0.2) is 13.1 Å². The van der Waals surface area contributed by atoms with Gasteiger partial charge in [-0.05, 0) is 61.4 Å². The lowest BCUT2D eigenvalue weighted by Gasteiger charge is -2.13. The van der Waals surface area contributed by atoms with E-state index >= 15 is 0 Å². The smallest absolute Gasteiger partial charge is 0.175 e. The van der Waals surface area contributed by atoms with Crippen LogP contribution in [0.1, 0.15) is 19.5 Å². The van der Waals surface area contributed by atoms with Gasteiger partial charge in [-0.3, -0.25) is 0 Å². The van der Waals surface area contributed by atoms with Crippen molar-refractivity contribution in [3.05, 3.63) is 89.6 Å². The van der Waals surface area contributed by atoms with Gasteiger partial charge in [0.1, 0.15) is 5.60 Å². The number of sulfone groups is 1. The molecule has 32 heavy (non-hydrogen) atoms. The molecule has 0 aliphatic heterocycles. The molecule has 0 radical (unpaired) electrons. The first kappa shape index (κ1) is 22.3. The van der Waals surface area contributed by atoms with Crippen molar-refractivity contribution in [2.24, 2.45) is 0 Å². The fourth-order valence-corrected chi connectivity index (χ4v) is 4.34. The summed E-state index contributed by atoms with van der Waals surface area (Å²) >= 11 is 6.45. The third kappa shape index (κ3) is 4.48. The predicted octanol–water partition coefficient (Wildman–Crippen LogP) is 5.49. The summed E-state index contributed by atoms with van der Waals surface area (Å²) < 4.78 is 25.5. The minimum absolute atomic E-state index is 0.280. The van der Waals surface area contributed by atoms with Crippen LogP contribution in [0.25, 0.3) is 28.1 Å². The highest BCUT2D eigenvalue weighted by molar-refractivity contribution is 7.90. The summed E-state index contributed by atoms with van der Waals surface area (Å²) in [6.07, 6.45) is 1.20. The number of hydrogen-bond donors (Lipinski definition) is 1. The molecule has 7 heteroatoms. The van der Waals surface area contributed by atoms with Crippen molar-refractivity contribution in [3.63, 3.8) is 0 Å². The molecular formula is C25H23ClN2O3S. The summed E-state index contributed by atoms with van der Waals surface area (Å²) in [6, 6.07) is 23.8. The molecule has 164 valence electrons. The summed E-state index contributed by atoms with van der Waals surface area (Å²) in [5.41, 5.74) is 3.46. The van der Waals surface area contributed by atoms with Gasteiger partial charge in [0.15, 0.2) is 9.84 Å². The Bertz CT molecular complexity index is 1390. The molecule has 4 aromatic rings. The van der Waals surface area contributed by atoms with Gasteiger partial charge in [-0.15, -0.1) is 0 Å². The summed E-state index contributed by atoms with van der Waals surface area (Å²) in [4.78, 5) is 0.280. The van der Waals surface area contributed by atoms with Gasteiger partial charge in [0.05, 0.1) is 22.0 Å². The first-order valence-electron chi connectivity index (χ1n) is 10.0. The molecule has 3 aromatic carbocycles. The Labute approximate surface area is 192 Å². The maximum atomic E-state index is 11.9. The molecule has 1 aromatic heterocycles. The van der Waals surface area contributed by atoms with Gasteiger partial charge < -0.3 is 5.11 Å². The van der Waals surface area contributed by atoms with Crippen LogP contribution in [-0.4, -0.2) is 29.6 Å². The van der Waals surface area contributed by atoms with Crippen LogP contribution >= 0.6 is 11.6 Å². The number of rotatable bonds is 5. The zero-order chi connectivity index (χ0) is 23.1. The van der Waals surface area contributed by atoms with Crippen LogP contribution in [-0.2, 0) is 15.4 Å². The number of aromatic nitrogens is 2. The van der Waals surface area contributed by atoms with Crippen molar-refractivity contribution in [3.8, 4) is 28.1 Å². The monoisotopic (exact) mass is 466 g/mol. The van der Waals surface area contributed by atoms with E-state index in [0.717, 1.165) is 28.1 Å². The summed E-state index contributed by atoms with van der Waals surface area (Å²) in [6.45, 7) is 3.38. The number of halogens is 1. The van der Waals surface area contributed by atoms with Crippen LogP contribution in [0.4, 0.5) is 0 Å². The maximum Gasteiger partial charge on any atom is 0.175 e. The molecular weight excluding hydrogens is 444 g/mol. The van der Waals surface area contributed by atoms with Crippen LogP contribution in [0.15, 0.2) is 83.8 Å². The van der Waals surface area contributed by atoms with E-state index in [1.165, 1.54) is 6.26 Å². The average molecular weight is 467 g/mol. The Balaban J connectivity index is 1.80. The molecule has 0 unspecified atom stereocenters. The highest BCUT2D eigenvalue weighted by Crippen LogP contribution is 2.33. The lowest BCUT2D eigenvalue weighted by molar-refractivity contribution is 0.0734. The maximum absolute atomic E-state index is 11.9. The van der Waals surface area contributed by atoms with Crippen molar-refractivity contribution in [1.82, 2.24) is 9.78 Å². The zero-order valence-electron chi connectivity index (χ0n) is 17.9. The van der Waals surface area contributed by atoms with Gasteiger partial charge in [0, 0.05) is 16.8 Å². The zero-order valence-corrected chi connectivity index (χ0v) is 19.5. The lowest BCUT2D eigenvalue weighted by atomic mass is 10.0. The molecule has 4 rings (SSSR count). The largest absolute Gasteiger partial charge is 0.384 e. The van der Waals surface area contributed by atoms with Crippen molar-refractivity contribution in [1.29, 1.82) is 0 Å². The number of benzene rings is 3. The summed E-state index contributed by atoms with van der Waals surface area (Å²) in [5, 5.41) is 15.8. The molecule has 0 atom stereocenters. The van der Waals surface area contributed by atoms with E-state index in [4.69, 9.17) is 11.6 Å². The molecule has 5 nitrogen and oxygen atoms in total. The predicted molar refractivity (Wildman–Crippen MR) is 128 cm³/mol. The fraction of sp³-hybridized carbons (Fsp3) is 0.160. The van der Waals surface area contributed by atoms with Crippen molar-refractivity contribution in [2.75, 3.05) is 6.26 Å². The normalized spacial score (nSPS) is 12.2. The topological polar surface area (TPSA) is 72.2 Å². The molecule has 0 amide bonds. The van der Waals surface area contributed by atoms with Crippen LogP contribution in [0.5, 0.6) is 0 Å². The fourth-order valence-electron chi connectivity index (χ4n) is 3.44. The Kier molecular flexibility index (Phi) is 5.71. The molecule has 0 bridgehead atoms. The lowest BCUT2D eigenvalue weighted by Crippen LogP contribution is -2.16. The van der Waals surface area contributed by atoms with E-state index in [1.54, 1.807) is 36.7 Å². The van der Waals surface area contributed by atoms with E-state index in [2.05, 4.69) is 5.10 Å². The van der Waals surface area contributed by atoms with Crippen molar-refractivity contribution < 1.29 is 13.5 Å². The first-order chi connectivity index (χ1) is 15.0. The van der Waals surface area contributed by atoms with Crippen molar-refractivity contribution >= 4 is 21.4 Å². The Morgan fingerprint density at radius 2 is 1.59 bits per heavy atom. The second kappa shape index (κ2) is 8.20. The number of aliphatic hydroxyl groups is 1. The second-order valence-electron chi connectivity index (χ2n) is 8.21. The molecule has 0 saturated heterocycles. The van der Waals surface area contributed by atoms with Crippen LogP contribution in [0.2, 0.25) is 5.02 Å². The number of nitrogens with zero attached hydrogens (tertiary/aromatic N) is 2. The average Bonchev–Trinajstić information content (AvgIpc) is 3.19. The minimum atomic E-state index is -3.29. The third-order valence-electron chi connectivity index (χ3n) is 5.19. The highest BCUT2D eigenvalue weighted by atomic mass is 35.5. The Hall–Kier alpha value is -2.93. The highest BCUT2D eigenvalue weighted by Gasteiger charge is 2.23. The van der Waals surface area contributed by atoms with E-state index < -0.39 is 15.4 Å². The molecule has 1 N–H and O–H groups in total. The van der Waals surface area contributed by atoms with E-state index in [1.807, 2.05) is 60.7 Å².